The summed E-state index contributed by atoms with van der Waals surface area (Å²) < 4.78 is 10.9. The van der Waals surface area contributed by atoms with Crippen LogP contribution in [0.25, 0.3) is 10.9 Å². The monoisotopic (exact) mass is 463 g/mol. The van der Waals surface area contributed by atoms with Gasteiger partial charge in [-0.05, 0) is 37.0 Å². The second-order valence-electron chi connectivity index (χ2n) is 8.55. The Morgan fingerprint density at radius 1 is 1.03 bits per heavy atom. The van der Waals surface area contributed by atoms with Crippen LogP contribution in [0.5, 0.6) is 0 Å². The summed E-state index contributed by atoms with van der Waals surface area (Å²) in [6.45, 7) is 0.123. The smallest absolute Gasteiger partial charge is 0.417 e. The van der Waals surface area contributed by atoms with Gasteiger partial charge in [-0.15, -0.1) is 0 Å². The Morgan fingerprint density at radius 2 is 1.76 bits per heavy atom. The van der Waals surface area contributed by atoms with Gasteiger partial charge in [0.2, 0.25) is 5.95 Å². The number of amides is 2. The van der Waals surface area contributed by atoms with Gasteiger partial charge in [0.1, 0.15) is 18.5 Å². The maximum absolute atomic E-state index is 13.4. The predicted octanol–water partition coefficient (Wildman–Crippen LogP) is 4.25. The molecule has 1 aliphatic rings. The topological polar surface area (TPSA) is 111 Å². The van der Waals surface area contributed by atoms with Crippen LogP contribution in [0.1, 0.15) is 31.2 Å². The van der Waals surface area contributed by atoms with Crippen LogP contribution in [0, 0.1) is 0 Å². The quantitative estimate of drug-likeness (QED) is 0.582. The van der Waals surface area contributed by atoms with Gasteiger partial charge in [-0.2, -0.15) is 4.98 Å². The molecule has 178 valence electrons. The zero-order valence-electron chi connectivity index (χ0n) is 19.4. The maximum Gasteiger partial charge on any atom is 0.417 e. The summed E-state index contributed by atoms with van der Waals surface area (Å²) in [5.41, 5.74) is 6.84. The van der Waals surface area contributed by atoms with Crippen LogP contribution in [-0.4, -0.2) is 48.4 Å². The lowest BCUT2D eigenvalue weighted by molar-refractivity contribution is 0.0747. The summed E-state index contributed by atoms with van der Waals surface area (Å²) in [7, 11) is 3.79. The van der Waals surface area contributed by atoms with E-state index in [0.29, 0.717) is 25.1 Å². The number of aromatic nitrogens is 2. The van der Waals surface area contributed by atoms with Crippen molar-refractivity contribution in [2.45, 2.75) is 44.4 Å². The number of hydrogen-bond acceptors (Lipinski definition) is 7. The first-order chi connectivity index (χ1) is 16.4. The number of anilines is 2. The summed E-state index contributed by atoms with van der Waals surface area (Å²) >= 11 is 0. The number of primary amides is 1. The normalized spacial score (nSPS) is 17.7. The lowest BCUT2D eigenvalue weighted by Gasteiger charge is -2.35. The first-order valence-electron chi connectivity index (χ1n) is 11.3. The third kappa shape index (κ3) is 5.36. The number of carbonyl (C=O) groups is 2. The molecule has 1 saturated carbocycles. The number of nitrogens with two attached hydrogens (primary N) is 1. The van der Waals surface area contributed by atoms with Crippen molar-refractivity contribution in [3.8, 4) is 0 Å². The minimum atomic E-state index is -0.819. The highest BCUT2D eigenvalue weighted by molar-refractivity contribution is 5.93. The van der Waals surface area contributed by atoms with Crippen LogP contribution in [0.2, 0.25) is 0 Å². The minimum Gasteiger partial charge on any atom is -0.446 e. The molecule has 2 amide bonds. The molecule has 0 aliphatic heterocycles. The first-order valence-corrected chi connectivity index (χ1v) is 11.3. The molecule has 34 heavy (non-hydrogen) atoms. The van der Waals surface area contributed by atoms with Gasteiger partial charge in [0, 0.05) is 31.9 Å². The molecule has 0 bridgehead atoms. The average molecular weight is 464 g/mol. The molecular formula is C25H29N5O4. The van der Waals surface area contributed by atoms with Gasteiger partial charge in [-0.25, -0.2) is 19.5 Å². The lowest BCUT2D eigenvalue weighted by Crippen LogP contribution is -2.46. The van der Waals surface area contributed by atoms with E-state index in [1.807, 2.05) is 73.6 Å². The fourth-order valence-electron chi connectivity index (χ4n) is 4.31. The van der Waals surface area contributed by atoms with E-state index in [9.17, 15) is 9.59 Å². The molecule has 0 spiro atoms. The molecule has 1 aromatic heterocycles. The van der Waals surface area contributed by atoms with Gasteiger partial charge >= 0.3 is 12.2 Å². The molecule has 4 rings (SSSR count). The molecular weight excluding hydrogens is 434 g/mol. The number of para-hydroxylation sites is 1. The van der Waals surface area contributed by atoms with Crippen molar-refractivity contribution in [1.29, 1.82) is 0 Å². The van der Waals surface area contributed by atoms with E-state index in [4.69, 9.17) is 25.2 Å². The van der Waals surface area contributed by atoms with Gasteiger partial charge in [-0.3, -0.25) is 0 Å². The molecule has 2 atom stereocenters. The highest BCUT2D eigenvalue weighted by atomic mass is 16.6. The Bertz CT molecular complexity index is 1150. The Labute approximate surface area is 198 Å². The zero-order valence-corrected chi connectivity index (χ0v) is 19.4. The van der Waals surface area contributed by atoms with Gasteiger partial charge in [0.25, 0.3) is 0 Å². The second kappa shape index (κ2) is 10.4. The molecule has 1 heterocycles. The standard InChI is InChI=1S/C25H29N5O4/c1-29(2)22-20-13-6-7-14-21(20)27-24(28-22)30(18-11-8-12-19(15-18)34-23(26)31)25(32)33-16-17-9-4-3-5-10-17/h3-7,9-10,13-14,18-19H,8,11-12,15-16H2,1-2H3,(H2,26,31). The minimum absolute atomic E-state index is 0.123. The van der Waals surface area contributed by atoms with Crippen molar-refractivity contribution in [1.82, 2.24) is 9.97 Å². The van der Waals surface area contributed by atoms with E-state index in [1.54, 1.807) is 0 Å². The number of carbonyl (C=O) groups excluding carboxylic acids is 2. The van der Waals surface area contributed by atoms with Crippen LogP contribution >= 0.6 is 0 Å². The number of nitrogens with zero attached hydrogens (tertiary/aromatic N) is 4. The molecule has 2 unspecified atom stereocenters. The third-order valence-electron chi connectivity index (χ3n) is 5.86. The number of benzene rings is 2. The highest BCUT2D eigenvalue weighted by Crippen LogP contribution is 2.31. The van der Waals surface area contributed by atoms with E-state index >= 15 is 0 Å². The molecule has 3 aromatic rings. The fraction of sp³-hybridized carbons (Fsp3) is 0.360. The van der Waals surface area contributed by atoms with Crippen molar-refractivity contribution in [3.05, 3.63) is 60.2 Å². The first kappa shape index (κ1) is 23.3. The Hall–Kier alpha value is -3.88. The Balaban J connectivity index is 1.70. The summed E-state index contributed by atoms with van der Waals surface area (Å²) in [6.07, 6.45) is 0.833. The van der Waals surface area contributed by atoms with E-state index in [2.05, 4.69) is 0 Å². The molecule has 0 radical (unpaired) electrons. The SMILES string of the molecule is CN(C)c1nc(N(C(=O)OCc2ccccc2)C2CCCC(OC(N)=O)C2)nc2ccccc12. The number of rotatable bonds is 6. The molecule has 0 saturated heterocycles. The van der Waals surface area contributed by atoms with Gasteiger partial charge in [-0.1, -0.05) is 42.5 Å². The predicted molar refractivity (Wildman–Crippen MR) is 130 cm³/mol. The summed E-state index contributed by atoms with van der Waals surface area (Å²) in [5, 5.41) is 0.882. The molecule has 1 aliphatic carbocycles. The molecule has 2 aromatic carbocycles. The van der Waals surface area contributed by atoms with Crippen molar-refractivity contribution in [2.24, 2.45) is 5.73 Å². The van der Waals surface area contributed by atoms with E-state index in [-0.39, 0.29) is 24.7 Å². The van der Waals surface area contributed by atoms with Crippen LogP contribution in [0.3, 0.4) is 0 Å². The molecule has 1 fully saturated rings. The largest absolute Gasteiger partial charge is 0.446 e. The lowest BCUT2D eigenvalue weighted by atomic mass is 9.92. The molecule has 2 N–H and O–H groups in total. The Kier molecular flexibility index (Phi) is 7.10. The van der Waals surface area contributed by atoms with Crippen molar-refractivity contribution >= 4 is 34.9 Å². The van der Waals surface area contributed by atoms with Crippen molar-refractivity contribution in [3.63, 3.8) is 0 Å². The third-order valence-corrected chi connectivity index (χ3v) is 5.86. The molecule has 9 heteroatoms. The van der Waals surface area contributed by atoms with Crippen LogP contribution in [0.15, 0.2) is 54.6 Å². The van der Waals surface area contributed by atoms with Crippen molar-refractivity contribution < 1.29 is 19.1 Å². The van der Waals surface area contributed by atoms with Crippen LogP contribution < -0.4 is 15.5 Å². The second-order valence-corrected chi connectivity index (χ2v) is 8.55. The van der Waals surface area contributed by atoms with E-state index in [1.165, 1.54) is 4.90 Å². The van der Waals surface area contributed by atoms with Crippen LogP contribution in [0.4, 0.5) is 21.4 Å². The number of fused-ring (bicyclic) bond motifs is 1. The summed E-state index contributed by atoms with van der Waals surface area (Å²) in [5.74, 6) is 0.951. The van der Waals surface area contributed by atoms with E-state index in [0.717, 1.165) is 22.9 Å². The van der Waals surface area contributed by atoms with E-state index < -0.39 is 12.2 Å². The van der Waals surface area contributed by atoms with Crippen molar-refractivity contribution in [2.75, 3.05) is 23.9 Å². The zero-order chi connectivity index (χ0) is 24.1. The number of hydrogen-bond donors (Lipinski definition) is 1. The van der Waals surface area contributed by atoms with Crippen LogP contribution in [-0.2, 0) is 16.1 Å². The summed E-state index contributed by atoms with van der Waals surface area (Å²) in [6, 6.07) is 16.8. The molecule has 9 nitrogen and oxygen atoms in total. The average Bonchev–Trinajstić information content (AvgIpc) is 2.83. The Morgan fingerprint density at radius 3 is 2.50 bits per heavy atom. The van der Waals surface area contributed by atoms with Gasteiger partial charge < -0.3 is 20.1 Å². The highest BCUT2D eigenvalue weighted by Gasteiger charge is 2.35. The van der Waals surface area contributed by atoms with Gasteiger partial charge in [0.05, 0.1) is 5.52 Å². The fourth-order valence-corrected chi connectivity index (χ4v) is 4.31. The maximum atomic E-state index is 13.4. The summed E-state index contributed by atoms with van der Waals surface area (Å²) in [4.78, 5) is 37.6. The number of ether oxygens (including phenoxy) is 2. The van der Waals surface area contributed by atoms with Gasteiger partial charge in [0.15, 0.2) is 0 Å².